The molecule has 0 atom stereocenters. The third-order valence-electron chi connectivity index (χ3n) is 3.37. The second-order valence-electron chi connectivity index (χ2n) is 5.35. The molecule has 3 amide bonds. The van der Waals surface area contributed by atoms with Crippen LogP contribution >= 0.6 is 0 Å². The van der Waals surface area contributed by atoms with E-state index in [-0.39, 0.29) is 37.5 Å². The van der Waals surface area contributed by atoms with Gasteiger partial charge in [0.1, 0.15) is 0 Å². The van der Waals surface area contributed by atoms with E-state index < -0.39 is 17.4 Å². The number of rotatable bonds is 10. The Morgan fingerprint density at radius 2 is 1.12 bits per heavy atom. The summed E-state index contributed by atoms with van der Waals surface area (Å²) in [7, 11) is 3.05. The van der Waals surface area contributed by atoms with Crippen LogP contribution in [0.3, 0.4) is 0 Å². The van der Waals surface area contributed by atoms with Crippen molar-refractivity contribution in [3.05, 3.63) is 0 Å². The van der Waals surface area contributed by atoms with Gasteiger partial charge in [-0.2, -0.15) is 0 Å². The van der Waals surface area contributed by atoms with Crippen molar-refractivity contribution >= 4 is 23.7 Å². The number of amides is 3. The van der Waals surface area contributed by atoms with Gasteiger partial charge in [-0.25, -0.2) is 0 Å². The van der Waals surface area contributed by atoms with Crippen molar-refractivity contribution in [3.8, 4) is 0 Å². The molecule has 0 unspecified atom stereocenters. The summed E-state index contributed by atoms with van der Waals surface area (Å²) in [5.74, 6) is -1.77. The highest BCUT2D eigenvalue weighted by molar-refractivity contribution is 5.81. The molecule has 0 aromatic rings. The van der Waals surface area contributed by atoms with E-state index in [9.17, 15) is 19.2 Å². The monoisotopic (exact) mass is 375 g/mol. The van der Waals surface area contributed by atoms with Gasteiger partial charge in [0.15, 0.2) is 0 Å². The lowest BCUT2D eigenvalue weighted by Crippen LogP contribution is -2.47. The summed E-state index contributed by atoms with van der Waals surface area (Å²) in [6.07, 6.45) is 0.753. The fraction of sp³-hybridized carbons (Fsp3) is 0.778. The third kappa shape index (κ3) is 16.7. The third-order valence-corrected chi connectivity index (χ3v) is 3.37. The van der Waals surface area contributed by atoms with E-state index in [2.05, 4.69) is 16.0 Å². The quantitative estimate of drug-likeness (QED) is 0.464. The predicted octanol–water partition coefficient (Wildman–Crippen LogP) is 1.83. The molecule has 0 aromatic heterocycles. The van der Waals surface area contributed by atoms with Crippen LogP contribution in [0.2, 0.25) is 0 Å². The lowest BCUT2D eigenvalue weighted by Gasteiger charge is -2.30. The van der Waals surface area contributed by atoms with Crippen LogP contribution in [-0.4, -0.2) is 48.4 Å². The highest BCUT2D eigenvalue weighted by atomic mass is 16.4. The van der Waals surface area contributed by atoms with Gasteiger partial charge in [0, 0.05) is 38.9 Å². The molecule has 0 aliphatic carbocycles. The first-order chi connectivity index (χ1) is 12.2. The molecule has 0 saturated heterocycles. The number of nitrogens with one attached hydrogen (secondary N) is 3. The van der Waals surface area contributed by atoms with Crippen LogP contribution in [0, 0.1) is 0 Å². The molecule has 0 rings (SSSR count). The van der Waals surface area contributed by atoms with Gasteiger partial charge < -0.3 is 21.1 Å². The average Bonchev–Trinajstić information content (AvgIpc) is 2.65. The maximum Gasteiger partial charge on any atom is 0.303 e. The first-order valence-electron chi connectivity index (χ1n) is 9.16. The van der Waals surface area contributed by atoms with Gasteiger partial charge in [-0.05, 0) is 19.8 Å². The zero-order valence-electron chi connectivity index (χ0n) is 17.3. The van der Waals surface area contributed by atoms with Crippen molar-refractivity contribution in [2.24, 2.45) is 0 Å². The highest BCUT2D eigenvalue weighted by Crippen LogP contribution is 2.19. The van der Waals surface area contributed by atoms with E-state index in [4.69, 9.17) is 5.11 Å². The Bertz CT molecular complexity index is 405. The van der Waals surface area contributed by atoms with Gasteiger partial charge in [0.25, 0.3) is 0 Å². The number of carboxylic acids is 1. The summed E-state index contributed by atoms with van der Waals surface area (Å²) in [6, 6.07) is 0. The summed E-state index contributed by atoms with van der Waals surface area (Å²) < 4.78 is 0. The molecule has 154 valence electrons. The number of aliphatic carboxylic acids is 1. The van der Waals surface area contributed by atoms with Crippen molar-refractivity contribution in [2.45, 2.75) is 78.7 Å². The van der Waals surface area contributed by atoms with Crippen molar-refractivity contribution in [2.75, 3.05) is 14.1 Å². The molecular weight excluding hydrogens is 338 g/mol. The molecule has 26 heavy (non-hydrogen) atoms. The molecule has 0 bridgehead atoms. The predicted molar refractivity (Wildman–Crippen MR) is 103 cm³/mol. The van der Waals surface area contributed by atoms with Gasteiger partial charge in [-0.15, -0.1) is 0 Å². The largest absolute Gasteiger partial charge is 0.481 e. The van der Waals surface area contributed by atoms with E-state index in [1.54, 1.807) is 6.92 Å². The molecule has 0 aliphatic heterocycles. The van der Waals surface area contributed by atoms with Gasteiger partial charge in [-0.3, -0.25) is 19.2 Å². The van der Waals surface area contributed by atoms with Crippen LogP contribution in [0.5, 0.6) is 0 Å². The highest BCUT2D eigenvalue weighted by Gasteiger charge is 2.27. The maximum absolute atomic E-state index is 11.8. The number of hydrogen-bond acceptors (Lipinski definition) is 4. The Labute approximate surface area is 157 Å². The van der Waals surface area contributed by atoms with Crippen molar-refractivity contribution in [1.29, 1.82) is 0 Å². The van der Waals surface area contributed by atoms with Gasteiger partial charge in [-0.1, -0.05) is 27.7 Å². The summed E-state index contributed by atoms with van der Waals surface area (Å²) in [5.41, 5.74) is -0.741. The Balaban J connectivity index is -0.00000123. The number of carbonyl (C=O) groups excluding carboxylic acids is 3. The zero-order chi connectivity index (χ0) is 21.2. The minimum absolute atomic E-state index is 0.134. The summed E-state index contributed by atoms with van der Waals surface area (Å²) in [6.45, 7) is 9.75. The smallest absolute Gasteiger partial charge is 0.303 e. The topological polar surface area (TPSA) is 125 Å². The summed E-state index contributed by atoms with van der Waals surface area (Å²) >= 11 is 0. The van der Waals surface area contributed by atoms with Gasteiger partial charge in [0.2, 0.25) is 17.7 Å². The second-order valence-corrected chi connectivity index (χ2v) is 5.35. The molecule has 0 heterocycles. The summed E-state index contributed by atoms with van der Waals surface area (Å²) in [5, 5.41) is 16.3. The Morgan fingerprint density at radius 1 is 0.731 bits per heavy atom. The van der Waals surface area contributed by atoms with Crippen LogP contribution < -0.4 is 16.0 Å². The van der Waals surface area contributed by atoms with Crippen molar-refractivity contribution in [3.63, 3.8) is 0 Å². The standard InChI is InChI=1S/C14H25N3O5.2C2H6/c1-14(8-6-10(18)15-2,9-7-11(19)16-3)17-12(20)4-5-13(21)22;2*1-2/h4-9H2,1-3H3,(H,15,18)(H,16,19)(H,17,20)(H,21,22);2*1-2H3. The first kappa shape index (κ1) is 28.7. The van der Waals surface area contributed by atoms with Gasteiger partial charge in [0.05, 0.1) is 6.42 Å². The Kier molecular flexibility index (Phi) is 19.5. The minimum Gasteiger partial charge on any atom is -0.481 e. The van der Waals surface area contributed by atoms with Crippen molar-refractivity contribution in [1.82, 2.24) is 16.0 Å². The van der Waals surface area contributed by atoms with E-state index in [0.717, 1.165) is 0 Å². The van der Waals surface area contributed by atoms with Crippen LogP contribution in [-0.2, 0) is 19.2 Å². The molecule has 0 aliphatic rings. The normalized spacial score (nSPS) is 9.50. The second kappa shape index (κ2) is 17.7. The van der Waals surface area contributed by atoms with Crippen molar-refractivity contribution < 1.29 is 24.3 Å². The number of carbonyl (C=O) groups is 4. The van der Waals surface area contributed by atoms with Crippen LogP contribution in [0.15, 0.2) is 0 Å². The number of hydrogen-bond donors (Lipinski definition) is 4. The van der Waals surface area contributed by atoms with Crippen LogP contribution in [0.1, 0.15) is 73.1 Å². The van der Waals surface area contributed by atoms with E-state index in [1.165, 1.54) is 14.1 Å². The molecule has 0 radical (unpaired) electrons. The molecule has 0 fully saturated rings. The molecule has 0 spiro atoms. The average molecular weight is 376 g/mol. The molecule has 4 N–H and O–H groups in total. The Morgan fingerprint density at radius 3 is 1.42 bits per heavy atom. The zero-order valence-corrected chi connectivity index (χ0v) is 17.3. The lowest BCUT2D eigenvalue weighted by molar-refractivity contribution is -0.139. The van der Waals surface area contributed by atoms with Gasteiger partial charge >= 0.3 is 5.97 Å². The maximum atomic E-state index is 11.8. The van der Waals surface area contributed by atoms with E-state index >= 15 is 0 Å². The molecule has 0 saturated carbocycles. The van der Waals surface area contributed by atoms with E-state index in [1.807, 2.05) is 27.7 Å². The minimum atomic E-state index is -1.05. The molecule has 8 nitrogen and oxygen atoms in total. The Hall–Kier alpha value is -2.12. The fourth-order valence-electron chi connectivity index (χ4n) is 1.90. The fourth-order valence-corrected chi connectivity index (χ4v) is 1.90. The SMILES string of the molecule is CC.CC.CNC(=O)CCC(C)(CCC(=O)NC)NC(=O)CCC(=O)O. The van der Waals surface area contributed by atoms with Crippen LogP contribution in [0.25, 0.3) is 0 Å². The lowest BCUT2D eigenvalue weighted by atomic mass is 9.89. The van der Waals surface area contributed by atoms with E-state index in [0.29, 0.717) is 12.8 Å². The first-order valence-corrected chi connectivity index (χ1v) is 9.16. The summed E-state index contributed by atoms with van der Waals surface area (Å²) in [4.78, 5) is 45.1. The molecular formula is C18H37N3O5. The molecule has 8 heteroatoms. The van der Waals surface area contributed by atoms with Crippen LogP contribution in [0.4, 0.5) is 0 Å². The molecule has 0 aromatic carbocycles. The number of carboxylic acid groups (broad SMARTS) is 1.